The highest BCUT2D eigenvalue weighted by molar-refractivity contribution is 5.94. The first-order valence-electron chi connectivity index (χ1n) is 10.1. The molecule has 5 nitrogen and oxygen atoms in total. The Morgan fingerprint density at radius 1 is 1.21 bits per heavy atom. The zero-order chi connectivity index (χ0) is 20.6. The molecule has 1 amide bonds. The number of nitrogens with one attached hydrogen (secondary N) is 1. The Morgan fingerprint density at radius 3 is 2.59 bits per heavy atom. The van der Waals surface area contributed by atoms with Crippen molar-refractivity contribution in [1.29, 1.82) is 0 Å². The molecule has 3 rings (SSSR count). The average molecular weight is 395 g/mol. The van der Waals surface area contributed by atoms with Crippen LogP contribution in [0.2, 0.25) is 0 Å². The highest BCUT2D eigenvalue weighted by Crippen LogP contribution is 2.22. The molecule has 0 saturated carbocycles. The first-order chi connectivity index (χ1) is 14.1. The Hall–Kier alpha value is -2.63. The quantitative estimate of drug-likeness (QED) is 0.729. The van der Waals surface area contributed by atoms with E-state index in [4.69, 9.17) is 9.47 Å². The van der Waals surface area contributed by atoms with E-state index in [-0.39, 0.29) is 11.9 Å². The largest absolute Gasteiger partial charge is 0.497 e. The molecule has 2 aromatic carbocycles. The molecule has 0 spiro atoms. The smallest absolute Gasteiger partial charge is 0.244 e. The van der Waals surface area contributed by atoms with Crippen LogP contribution >= 0.6 is 0 Å². The number of amides is 1. The summed E-state index contributed by atoms with van der Waals surface area (Å²) < 4.78 is 10.7. The molecule has 1 atom stereocenters. The van der Waals surface area contributed by atoms with Gasteiger partial charge in [0, 0.05) is 25.7 Å². The summed E-state index contributed by atoms with van der Waals surface area (Å²) in [7, 11) is 1.64. The predicted octanol–water partition coefficient (Wildman–Crippen LogP) is 3.60. The molecule has 1 unspecified atom stereocenters. The van der Waals surface area contributed by atoms with Crippen LogP contribution in [-0.2, 0) is 9.53 Å². The van der Waals surface area contributed by atoms with Gasteiger partial charge in [-0.3, -0.25) is 9.69 Å². The van der Waals surface area contributed by atoms with E-state index in [9.17, 15) is 4.79 Å². The van der Waals surface area contributed by atoms with E-state index in [1.165, 1.54) is 11.1 Å². The van der Waals surface area contributed by atoms with Crippen LogP contribution in [-0.4, -0.2) is 50.8 Å². The summed E-state index contributed by atoms with van der Waals surface area (Å²) in [5.74, 6) is 0.724. The number of rotatable bonds is 7. The van der Waals surface area contributed by atoms with Gasteiger partial charge in [0.25, 0.3) is 0 Å². The zero-order valence-corrected chi connectivity index (χ0v) is 17.5. The standard InChI is InChI=1S/C24H30N2O3/c1-18-5-4-6-21(15-18)23(26-11-13-29-14-12-26)17-25-24(27)16-19(2)20-7-9-22(28-3)10-8-20/h4-10,15-16,23H,11-14,17H2,1-3H3,(H,25,27)/b19-16+. The highest BCUT2D eigenvalue weighted by Gasteiger charge is 2.23. The molecule has 1 N–H and O–H groups in total. The van der Waals surface area contributed by atoms with Gasteiger partial charge in [0.1, 0.15) is 5.75 Å². The number of allylic oxidation sites excluding steroid dienone is 1. The third-order valence-electron chi connectivity index (χ3n) is 5.28. The number of aryl methyl sites for hydroxylation is 1. The lowest BCUT2D eigenvalue weighted by atomic mass is 10.0. The topological polar surface area (TPSA) is 50.8 Å². The lowest BCUT2D eigenvalue weighted by molar-refractivity contribution is -0.116. The van der Waals surface area contributed by atoms with Crippen LogP contribution in [0.25, 0.3) is 5.57 Å². The number of hydrogen-bond acceptors (Lipinski definition) is 4. The highest BCUT2D eigenvalue weighted by atomic mass is 16.5. The molecule has 0 aromatic heterocycles. The van der Waals surface area contributed by atoms with Crippen molar-refractivity contribution in [3.63, 3.8) is 0 Å². The summed E-state index contributed by atoms with van der Waals surface area (Å²) in [5, 5.41) is 3.10. The van der Waals surface area contributed by atoms with E-state index in [1.807, 2.05) is 31.2 Å². The van der Waals surface area contributed by atoms with Gasteiger partial charge in [0.15, 0.2) is 0 Å². The SMILES string of the molecule is COc1ccc(/C(C)=C/C(=O)NCC(c2cccc(C)c2)N2CCOCC2)cc1. The lowest BCUT2D eigenvalue weighted by Crippen LogP contribution is -2.43. The number of hydrogen-bond donors (Lipinski definition) is 1. The Labute approximate surface area is 173 Å². The predicted molar refractivity (Wildman–Crippen MR) is 116 cm³/mol. The first kappa shape index (κ1) is 21.1. The van der Waals surface area contributed by atoms with Crippen LogP contribution < -0.4 is 10.1 Å². The fraction of sp³-hybridized carbons (Fsp3) is 0.375. The van der Waals surface area contributed by atoms with Crippen molar-refractivity contribution in [3.05, 3.63) is 71.3 Å². The summed E-state index contributed by atoms with van der Waals surface area (Å²) >= 11 is 0. The van der Waals surface area contributed by atoms with Crippen LogP contribution in [0.3, 0.4) is 0 Å². The van der Waals surface area contributed by atoms with Crippen molar-refractivity contribution in [2.45, 2.75) is 19.9 Å². The fourth-order valence-corrected chi connectivity index (χ4v) is 3.61. The minimum Gasteiger partial charge on any atom is -0.497 e. The Bertz CT molecular complexity index is 839. The maximum Gasteiger partial charge on any atom is 0.244 e. The second-order valence-corrected chi connectivity index (χ2v) is 7.38. The van der Waals surface area contributed by atoms with Gasteiger partial charge in [-0.15, -0.1) is 0 Å². The van der Waals surface area contributed by atoms with Crippen molar-refractivity contribution in [3.8, 4) is 5.75 Å². The number of methoxy groups -OCH3 is 1. The van der Waals surface area contributed by atoms with Crippen molar-refractivity contribution in [2.24, 2.45) is 0 Å². The maximum atomic E-state index is 12.6. The normalized spacial score (nSPS) is 16.3. The van der Waals surface area contributed by atoms with Crippen molar-refractivity contribution < 1.29 is 14.3 Å². The van der Waals surface area contributed by atoms with Crippen molar-refractivity contribution >= 4 is 11.5 Å². The molecule has 154 valence electrons. The van der Waals surface area contributed by atoms with Crippen LogP contribution in [0.5, 0.6) is 5.75 Å². The van der Waals surface area contributed by atoms with Gasteiger partial charge in [-0.25, -0.2) is 0 Å². The van der Waals surface area contributed by atoms with Crippen LogP contribution in [0.1, 0.15) is 29.7 Å². The van der Waals surface area contributed by atoms with E-state index in [0.29, 0.717) is 6.54 Å². The van der Waals surface area contributed by atoms with Gasteiger partial charge in [0.05, 0.1) is 26.4 Å². The molecule has 0 aliphatic carbocycles. The fourth-order valence-electron chi connectivity index (χ4n) is 3.61. The Balaban J connectivity index is 1.68. The Kier molecular flexibility index (Phi) is 7.44. The number of carbonyl (C=O) groups is 1. The van der Waals surface area contributed by atoms with Gasteiger partial charge in [0.2, 0.25) is 5.91 Å². The van der Waals surface area contributed by atoms with Gasteiger partial charge in [-0.05, 0) is 42.7 Å². The summed E-state index contributed by atoms with van der Waals surface area (Å²) in [6, 6.07) is 16.4. The molecule has 1 saturated heterocycles. The van der Waals surface area contributed by atoms with Crippen LogP contribution in [0.4, 0.5) is 0 Å². The molecule has 5 heteroatoms. The minimum atomic E-state index is -0.0794. The van der Waals surface area contributed by atoms with Crippen molar-refractivity contribution in [1.82, 2.24) is 10.2 Å². The molecule has 2 aromatic rings. The molecule has 1 aliphatic heterocycles. The van der Waals surface area contributed by atoms with Gasteiger partial charge in [-0.2, -0.15) is 0 Å². The molecule has 0 bridgehead atoms. The number of nitrogens with zero attached hydrogens (tertiary/aromatic N) is 1. The molecule has 1 heterocycles. The molecular formula is C24H30N2O3. The Morgan fingerprint density at radius 2 is 1.93 bits per heavy atom. The van der Waals surface area contributed by atoms with Crippen LogP contribution in [0.15, 0.2) is 54.6 Å². The number of benzene rings is 2. The number of carbonyl (C=O) groups excluding carboxylic acids is 1. The summed E-state index contributed by atoms with van der Waals surface area (Å²) in [6.07, 6.45) is 1.66. The van der Waals surface area contributed by atoms with E-state index in [2.05, 4.69) is 41.4 Å². The van der Waals surface area contributed by atoms with E-state index in [1.54, 1.807) is 13.2 Å². The van der Waals surface area contributed by atoms with Gasteiger partial charge >= 0.3 is 0 Å². The molecular weight excluding hydrogens is 364 g/mol. The summed E-state index contributed by atoms with van der Waals surface area (Å²) in [4.78, 5) is 15.0. The summed E-state index contributed by atoms with van der Waals surface area (Å²) in [5.41, 5.74) is 4.37. The third kappa shape index (κ3) is 5.92. The zero-order valence-electron chi connectivity index (χ0n) is 17.5. The minimum absolute atomic E-state index is 0.0794. The molecule has 1 fully saturated rings. The van der Waals surface area contributed by atoms with E-state index < -0.39 is 0 Å². The maximum absolute atomic E-state index is 12.6. The second-order valence-electron chi connectivity index (χ2n) is 7.38. The molecule has 1 aliphatic rings. The third-order valence-corrected chi connectivity index (χ3v) is 5.28. The van der Waals surface area contributed by atoms with E-state index in [0.717, 1.165) is 43.2 Å². The molecule has 29 heavy (non-hydrogen) atoms. The number of ether oxygens (including phenoxy) is 2. The first-order valence-corrected chi connectivity index (χ1v) is 10.1. The van der Waals surface area contributed by atoms with Gasteiger partial charge < -0.3 is 14.8 Å². The second kappa shape index (κ2) is 10.2. The van der Waals surface area contributed by atoms with Crippen LogP contribution in [0, 0.1) is 6.92 Å². The lowest BCUT2D eigenvalue weighted by Gasteiger charge is -2.35. The average Bonchev–Trinajstić information content (AvgIpc) is 2.75. The monoisotopic (exact) mass is 394 g/mol. The van der Waals surface area contributed by atoms with Gasteiger partial charge in [-0.1, -0.05) is 42.0 Å². The van der Waals surface area contributed by atoms with E-state index >= 15 is 0 Å². The summed E-state index contributed by atoms with van der Waals surface area (Å²) in [6.45, 7) is 7.80. The van der Waals surface area contributed by atoms with Crippen molar-refractivity contribution in [2.75, 3.05) is 40.0 Å². The molecule has 0 radical (unpaired) electrons. The number of morpholine rings is 1.